The van der Waals surface area contributed by atoms with Crippen LogP contribution < -0.4 is 10.6 Å². The van der Waals surface area contributed by atoms with Gasteiger partial charge in [-0.2, -0.15) is 0 Å². The van der Waals surface area contributed by atoms with Crippen LogP contribution in [0.4, 0.5) is 0 Å². The summed E-state index contributed by atoms with van der Waals surface area (Å²) in [5.74, 6) is 0.817. The van der Waals surface area contributed by atoms with Gasteiger partial charge in [0.05, 0.1) is 39.6 Å². The molecule has 1 saturated heterocycles. The van der Waals surface area contributed by atoms with E-state index in [2.05, 4.69) is 58.6 Å². The van der Waals surface area contributed by atoms with Crippen molar-refractivity contribution in [3.63, 3.8) is 0 Å². The molecule has 8 heteroatoms. The number of rotatable bonds is 14. The summed E-state index contributed by atoms with van der Waals surface area (Å²) in [5, 5.41) is 6.61. The largest absolute Gasteiger partial charge is 0.379 e. The first-order valence-electron chi connectivity index (χ1n) is 11.4. The number of guanidine groups is 1. The molecule has 2 N–H and O–H groups in total. The predicted octanol–water partition coefficient (Wildman–Crippen LogP) is 3.03. The maximum absolute atomic E-state index is 5.60. The molecule has 0 radical (unpaired) electrons. The molecule has 0 aliphatic carbocycles. The minimum absolute atomic E-state index is 0. The average Bonchev–Trinajstić information content (AvgIpc) is 2.78. The van der Waals surface area contributed by atoms with Crippen molar-refractivity contribution in [3.05, 3.63) is 35.4 Å². The van der Waals surface area contributed by atoms with Crippen LogP contribution in [0.1, 0.15) is 37.8 Å². The lowest BCUT2D eigenvalue weighted by Crippen LogP contribution is -2.39. The van der Waals surface area contributed by atoms with Gasteiger partial charge in [-0.1, -0.05) is 37.6 Å². The molecule has 0 unspecified atom stereocenters. The highest BCUT2D eigenvalue weighted by molar-refractivity contribution is 14.0. The van der Waals surface area contributed by atoms with Gasteiger partial charge in [-0.15, -0.1) is 24.0 Å². The van der Waals surface area contributed by atoms with Crippen LogP contribution in [0.5, 0.6) is 0 Å². The van der Waals surface area contributed by atoms with E-state index in [0.29, 0.717) is 26.4 Å². The van der Waals surface area contributed by atoms with Crippen molar-refractivity contribution in [2.45, 2.75) is 39.8 Å². The first-order chi connectivity index (χ1) is 14.8. The van der Waals surface area contributed by atoms with E-state index in [0.717, 1.165) is 71.3 Å². The van der Waals surface area contributed by atoms with Gasteiger partial charge in [0.2, 0.25) is 0 Å². The molecule has 1 fully saturated rings. The Morgan fingerprint density at radius 2 is 1.65 bits per heavy atom. The summed E-state index contributed by atoms with van der Waals surface area (Å²) >= 11 is 0. The molecule has 0 bridgehead atoms. The maximum Gasteiger partial charge on any atom is 0.191 e. The van der Waals surface area contributed by atoms with E-state index in [1.807, 2.05) is 0 Å². The molecule has 1 heterocycles. The van der Waals surface area contributed by atoms with Gasteiger partial charge in [-0.3, -0.25) is 4.90 Å². The van der Waals surface area contributed by atoms with Gasteiger partial charge < -0.3 is 24.8 Å². The summed E-state index contributed by atoms with van der Waals surface area (Å²) in [7, 11) is 0. The molecular formula is C23H41IN4O3. The third-order valence-electron chi connectivity index (χ3n) is 4.85. The van der Waals surface area contributed by atoms with Gasteiger partial charge in [0.15, 0.2) is 5.96 Å². The van der Waals surface area contributed by atoms with Gasteiger partial charge in [0.25, 0.3) is 0 Å². The SMILES string of the molecule is CCCCOCCOCCNC(=NCc1ccc(CN2CCOCC2)cc1)NCC.I. The fraction of sp³-hybridized carbons (Fsp3) is 0.696. The second-order valence-electron chi connectivity index (χ2n) is 7.41. The minimum atomic E-state index is 0. The van der Waals surface area contributed by atoms with Crippen LogP contribution in [0.2, 0.25) is 0 Å². The highest BCUT2D eigenvalue weighted by Crippen LogP contribution is 2.10. The number of ether oxygens (including phenoxy) is 3. The van der Waals surface area contributed by atoms with Gasteiger partial charge in [-0.05, 0) is 24.5 Å². The highest BCUT2D eigenvalue weighted by Gasteiger charge is 2.10. The molecule has 0 aromatic heterocycles. The highest BCUT2D eigenvalue weighted by atomic mass is 127. The molecule has 1 aromatic rings. The van der Waals surface area contributed by atoms with Crippen LogP contribution in [-0.4, -0.2) is 76.7 Å². The average molecular weight is 549 g/mol. The maximum atomic E-state index is 5.60. The lowest BCUT2D eigenvalue weighted by molar-refractivity contribution is 0.0342. The van der Waals surface area contributed by atoms with E-state index in [-0.39, 0.29) is 24.0 Å². The molecule has 1 aliphatic rings. The molecule has 31 heavy (non-hydrogen) atoms. The van der Waals surface area contributed by atoms with E-state index in [1.165, 1.54) is 11.1 Å². The van der Waals surface area contributed by atoms with Crippen LogP contribution in [0.15, 0.2) is 29.3 Å². The van der Waals surface area contributed by atoms with E-state index >= 15 is 0 Å². The molecule has 178 valence electrons. The molecule has 7 nitrogen and oxygen atoms in total. The summed E-state index contributed by atoms with van der Waals surface area (Å²) in [6.45, 7) is 13.9. The van der Waals surface area contributed by atoms with Crippen molar-refractivity contribution in [1.82, 2.24) is 15.5 Å². The standard InChI is InChI=1S/C23H40N4O3.HI/c1-3-5-13-28-17-18-29-14-10-25-23(24-4-2)26-19-21-6-8-22(9-7-21)20-27-11-15-30-16-12-27;/h6-9H,3-5,10-20H2,1-2H3,(H2,24,25,26);1H. The third kappa shape index (κ3) is 13.3. The Morgan fingerprint density at radius 1 is 0.968 bits per heavy atom. The molecule has 1 aliphatic heterocycles. The predicted molar refractivity (Wildman–Crippen MR) is 137 cm³/mol. The smallest absolute Gasteiger partial charge is 0.191 e. The number of hydrogen-bond donors (Lipinski definition) is 2. The number of hydrogen-bond acceptors (Lipinski definition) is 5. The van der Waals surface area contributed by atoms with E-state index < -0.39 is 0 Å². The van der Waals surface area contributed by atoms with Crippen molar-refractivity contribution in [1.29, 1.82) is 0 Å². The lowest BCUT2D eigenvalue weighted by atomic mass is 10.1. The first kappa shape index (κ1) is 28.1. The fourth-order valence-corrected chi connectivity index (χ4v) is 3.09. The molecule has 2 rings (SSSR count). The summed E-state index contributed by atoms with van der Waals surface area (Å²) in [5.41, 5.74) is 2.55. The van der Waals surface area contributed by atoms with Crippen LogP contribution >= 0.6 is 24.0 Å². The van der Waals surface area contributed by atoms with E-state index in [1.54, 1.807) is 0 Å². The second kappa shape index (κ2) is 18.6. The number of morpholine rings is 1. The van der Waals surface area contributed by atoms with E-state index in [9.17, 15) is 0 Å². The van der Waals surface area contributed by atoms with Crippen molar-refractivity contribution in [2.75, 3.05) is 65.8 Å². The molecule has 1 aromatic carbocycles. The fourth-order valence-electron chi connectivity index (χ4n) is 3.09. The van der Waals surface area contributed by atoms with Crippen molar-refractivity contribution in [3.8, 4) is 0 Å². The molecule has 0 atom stereocenters. The molecule has 0 amide bonds. The van der Waals surface area contributed by atoms with Crippen LogP contribution in [0, 0.1) is 0 Å². The zero-order valence-corrected chi connectivity index (χ0v) is 21.6. The number of benzene rings is 1. The monoisotopic (exact) mass is 548 g/mol. The number of halogens is 1. The lowest BCUT2D eigenvalue weighted by Gasteiger charge is -2.26. The third-order valence-corrected chi connectivity index (χ3v) is 4.85. The van der Waals surface area contributed by atoms with Crippen molar-refractivity contribution >= 4 is 29.9 Å². The first-order valence-corrected chi connectivity index (χ1v) is 11.4. The Kier molecular flexibility index (Phi) is 16.9. The number of nitrogens with zero attached hydrogens (tertiary/aromatic N) is 2. The van der Waals surface area contributed by atoms with Crippen LogP contribution in [-0.2, 0) is 27.3 Å². The number of nitrogens with one attached hydrogen (secondary N) is 2. The van der Waals surface area contributed by atoms with Crippen molar-refractivity contribution in [2.24, 2.45) is 4.99 Å². The Labute approximate surface area is 205 Å². The Bertz CT molecular complexity index is 581. The van der Waals surface area contributed by atoms with Crippen LogP contribution in [0.25, 0.3) is 0 Å². The van der Waals surface area contributed by atoms with Gasteiger partial charge >= 0.3 is 0 Å². The van der Waals surface area contributed by atoms with Gasteiger partial charge in [0, 0.05) is 39.3 Å². The topological polar surface area (TPSA) is 67.4 Å². The zero-order valence-electron chi connectivity index (χ0n) is 19.2. The minimum Gasteiger partial charge on any atom is -0.379 e. The quantitative estimate of drug-likeness (QED) is 0.161. The normalized spacial score (nSPS) is 14.8. The number of aliphatic imine (C=N–C) groups is 1. The summed E-state index contributed by atoms with van der Waals surface area (Å²) in [4.78, 5) is 7.12. The second-order valence-corrected chi connectivity index (χ2v) is 7.41. The van der Waals surface area contributed by atoms with E-state index in [4.69, 9.17) is 14.2 Å². The molecular weight excluding hydrogens is 507 g/mol. The molecule has 0 spiro atoms. The van der Waals surface area contributed by atoms with Crippen molar-refractivity contribution < 1.29 is 14.2 Å². The van der Waals surface area contributed by atoms with Gasteiger partial charge in [-0.25, -0.2) is 4.99 Å². The Morgan fingerprint density at radius 3 is 2.32 bits per heavy atom. The van der Waals surface area contributed by atoms with Crippen LogP contribution in [0.3, 0.4) is 0 Å². The summed E-state index contributed by atoms with van der Waals surface area (Å²) in [6, 6.07) is 8.75. The van der Waals surface area contributed by atoms with Gasteiger partial charge in [0.1, 0.15) is 0 Å². The Balaban J connectivity index is 0.00000480. The summed E-state index contributed by atoms with van der Waals surface area (Å²) in [6.07, 6.45) is 2.27. The zero-order chi connectivity index (χ0) is 21.3. The summed E-state index contributed by atoms with van der Waals surface area (Å²) < 4.78 is 16.5. The Hall–Kier alpha value is -0.940. The molecule has 0 saturated carbocycles. The number of unbranched alkanes of at least 4 members (excludes halogenated alkanes) is 1.